The van der Waals surface area contributed by atoms with Crippen LogP contribution in [0.2, 0.25) is 0 Å². The van der Waals surface area contributed by atoms with Gasteiger partial charge in [-0.1, -0.05) is 29.8 Å². The summed E-state index contributed by atoms with van der Waals surface area (Å²) in [6.07, 6.45) is 0. The van der Waals surface area contributed by atoms with Crippen molar-refractivity contribution >= 4 is 0 Å². The monoisotopic (exact) mass is 315 g/mol. The highest BCUT2D eigenvalue weighted by atomic mass is 16.5. The highest BCUT2D eigenvalue weighted by Gasteiger charge is 2.32. The fourth-order valence-electron chi connectivity index (χ4n) is 2.95. The zero-order chi connectivity index (χ0) is 16.4. The zero-order valence-electron chi connectivity index (χ0n) is 14.4. The molecule has 2 heterocycles. The summed E-state index contributed by atoms with van der Waals surface area (Å²) in [6.45, 7) is 11.7. The third-order valence-electron chi connectivity index (χ3n) is 4.18. The van der Waals surface area contributed by atoms with Gasteiger partial charge in [0.15, 0.2) is 5.82 Å². The lowest BCUT2D eigenvalue weighted by molar-refractivity contribution is 0.0208. The minimum Gasteiger partial charge on any atom is -0.379 e. The van der Waals surface area contributed by atoms with E-state index in [2.05, 4.69) is 72.4 Å². The second kappa shape index (κ2) is 6.37. The van der Waals surface area contributed by atoms with Crippen LogP contribution in [0.4, 0.5) is 0 Å². The lowest BCUT2D eigenvalue weighted by Gasteiger charge is -2.35. The standard InChI is InChI=1S/C17H25N5O/c1-13-5-7-14(8-6-13)15(21-9-11-23-12-10-21)16-18-19-20-22(16)17(2,3)4/h5-8,15H,9-12H2,1-4H3/t15-/m0/s1. The van der Waals surface area contributed by atoms with Crippen LogP contribution < -0.4 is 0 Å². The molecule has 0 aliphatic carbocycles. The Morgan fingerprint density at radius 3 is 2.35 bits per heavy atom. The molecule has 2 aromatic rings. The van der Waals surface area contributed by atoms with Crippen molar-refractivity contribution in [1.29, 1.82) is 0 Å². The fourth-order valence-corrected chi connectivity index (χ4v) is 2.95. The van der Waals surface area contributed by atoms with Gasteiger partial charge in [0.1, 0.15) is 0 Å². The first-order valence-electron chi connectivity index (χ1n) is 8.14. The average Bonchev–Trinajstić information content (AvgIpc) is 3.00. The molecule has 0 saturated carbocycles. The lowest BCUT2D eigenvalue weighted by Crippen LogP contribution is -2.41. The Balaban J connectivity index is 2.05. The van der Waals surface area contributed by atoms with Gasteiger partial charge in [0.05, 0.1) is 24.8 Å². The summed E-state index contributed by atoms with van der Waals surface area (Å²) in [5.74, 6) is 0.892. The summed E-state index contributed by atoms with van der Waals surface area (Å²) >= 11 is 0. The lowest BCUT2D eigenvalue weighted by atomic mass is 10.0. The molecule has 1 aromatic heterocycles. The van der Waals surface area contributed by atoms with E-state index in [1.54, 1.807) is 0 Å². The molecule has 3 rings (SSSR count). The van der Waals surface area contributed by atoms with Crippen molar-refractivity contribution in [3.8, 4) is 0 Å². The van der Waals surface area contributed by atoms with E-state index >= 15 is 0 Å². The molecule has 6 heteroatoms. The molecule has 1 saturated heterocycles. The van der Waals surface area contributed by atoms with E-state index in [1.807, 2.05) is 4.68 Å². The van der Waals surface area contributed by atoms with Gasteiger partial charge in [-0.25, -0.2) is 4.68 Å². The number of morpholine rings is 1. The van der Waals surface area contributed by atoms with Crippen molar-refractivity contribution in [2.24, 2.45) is 0 Å². The molecular weight excluding hydrogens is 290 g/mol. The molecule has 0 spiro atoms. The van der Waals surface area contributed by atoms with Crippen LogP contribution in [0.25, 0.3) is 0 Å². The van der Waals surface area contributed by atoms with Crippen molar-refractivity contribution in [3.05, 3.63) is 41.2 Å². The first kappa shape index (κ1) is 16.1. The number of hydrogen-bond donors (Lipinski definition) is 0. The maximum Gasteiger partial charge on any atom is 0.173 e. The highest BCUT2D eigenvalue weighted by Crippen LogP contribution is 2.30. The molecule has 6 nitrogen and oxygen atoms in total. The maximum absolute atomic E-state index is 5.52. The Bertz CT molecular complexity index is 638. The molecule has 0 N–H and O–H groups in total. The Morgan fingerprint density at radius 2 is 1.74 bits per heavy atom. The molecular formula is C17H25N5O. The summed E-state index contributed by atoms with van der Waals surface area (Å²) in [6, 6.07) is 8.70. The first-order chi connectivity index (χ1) is 11.0. The second-order valence-electron chi connectivity index (χ2n) is 7.08. The van der Waals surface area contributed by atoms with Gasteiger partial charge in [-0.05, 0) is 43.7 Å². The molecule has 0 amide bonds. The Morgan fingerprint density at radius 1 is 1.09 bits per heavy atom. The van der Waals surface area contributed by atoms with E-state index in [4.69, 9.17) is 4.74 Å². The largest absolute Gasteiger partial charge is 0.379 e. The van der Waals surface area contributed by atoms with Gasteiger partial charge in [0.25, 0.3) is 0 Å². The fraction of sp³-hybridized carbons (Fsp3) is 0.588. The minimum absolute atomic E-state index is 0.0497. The van der Waals surface area contributed by atoms with Crippen molar-refractivity contribution in [1.82, 2.24) is 25.1 Å². The highest BCUT2D eigenvalue weighted by molar-refractivity contribution is 5.28. The number of aromatic nitrogens is 4. The van der Waals surface area contributed by atoms with Crippen molar-refractivity contribution in [2.75, 3.05) is 26.3 Å². The Labute approximate surface area is 137 Å². The van der Waals surface area contributed by atoms with Crippen LogP contribution in [-0.4, -0.2) is 51.4 Å². The quantitative estimate of drug-likeness (QED) is 0.869. The van der Waals surface area contributed by atoms with E-state index in [0.717, 1.165) is 32.1 Å². The molecule has 1 atom stereocenters. The summed E-state index contributed by atoms with van der Waals surface area (Å²) in [4.78, 5) is 2.40. The number of hydrogen-bond acceptors (Lipinski definition) is 5. The molecule has 0 radical (unpaired) electrons. The van der Waals surface area contributed by atoms with E-state index in [0.29, 0.717) is 0 Å². The van der Waals surface area contributed by atoms with Crippen molar-refractivity contribution in [2.45, 2.75) is 39.3 Å². The molecule has 23 heavy (non-hydrogen) atoms. The van der Waals surface area contributed by atoms with E-state index in [1.165, 1.54) is 11.1 Å². The van der Waals surface area contributed by atoms with E-state index in [-0.39, 0.29) is 11.6 Å². The molecule has 1 aromatic carbocycles. The third kappa shape index (κ3) is 3.43. The van der Waals surface area contributed by atoms with Gasteiger partial charge in [-0.15, -0.1) is 5.10 Å². The van der Waals surface area contributed by atoms with E-state index < -0.39 is 0 Å². The summed E-state index contributed by atoms with van der Waals surface area (Å²) in [7, 11) is 0. The Kier molecular flexibility index (Phi) is 4.46. The molecule has 1 fully saturated rings. The Hall–Kier alpha value is -1.79. The minimum atomic E-state index is -0.159. The van der Waals surface area contributed by atoms with Gasteiger partial charge in [0, 0.05) is 13.1 Å². The smallest absolute Gasteiger partial charge is 0.173 e. The topological polar surface area (TPSA) is 56.1 Å². The molecule has 1 aliphatic rings. The number of ether oxygens (including phenoxy) is 1. The maximum atomic E-state index is 5.52. The van der Waals surface area contributed by atoms with Crippen LogP contribution in [-0.2, 0) is 10.3 Å². The number of nitrogens with zero attached hydrogens (tertiary/aromatic N) is 5. The molecule has 1 aliphatic heterocycles. The molecule has 0 unspecified atom stereocenters. The number of aryl methyl sites for hydroxylation is 1. The normalized spacial score (nSPS) is 18.1. The predicted octanol–water partition coefficient (Wildman–Crippen LogP) is 2.16. The van der Waals surface area contributed by atoms with Crippen LogP contribution in [0.15, 0.2) is 24.3 Å². The van der Waals surface area contributed by atoms with Crippen LogP contribution >= 0.6 is 0 Å². The number of rotatable bonds is 3. The first-order valence-corrected chi connectivity index (χ1v) is 8.14. The SMILES string of the molecule is Cc1ccc([C@@H](c2nnnn2C(C)(C)C)N2CCOCC2)cc1. The van der Waals surface area contributed by atoms with Crippen LogP contribution in [0.5, 0.6) is 0 Å². The zero-order valence-corrected chi connectivity index (χ0v) is 14.4. The van der Waals surface area contributed by atoms with Gasteiger partial charge in [-0.2, -0.15) is 0 Å². The molecule has 124 valence electrons. The van der Waals surface area contributed by atoms with Gasteiger partial charge in [0.2, 0.25) is 0 Å². The summed E-state index contributed by atoms with van der Waals surface area (Å²) < 4.78 is 7.46. The predicted molar refractivity (Wildman–Crippen MR) is 88.2 cm³/mol. The van der Waals surface area contributed by atoms with Crippen LogP contribution in [0.1, 0.15) is 43.8 Å². The number of tetrazole rings is 1. The summed E-state index contributed by atoms with van der Waals surface area (Å²) in [5, 5.41) is 12.6. The second-order valence-corrected chi connectivity index (χ2v) is 7.08. The van der Waals surface area contributed by atoms with E-state index in [9.17, 15) is 0 Å². The van der Waals surface area contributed by atoms with Gasteiger partial charge < -0.3 is 4.74 Å². The van der Waals surface area contributed by atoms with Crippen molar-refractivity contribution in [3.63, 3.8) is 0 Å². The van der Waals surface area contributed by atoms with Gasteiger partial charge in [-0.3, -0.25) is 4.90 Å². The number of benzene rings is 1. The van der Waals surface area contributed by atoms with Gasteiger partial charge >= 0.3 is 0 Å². The van der Waals surface area contributed by atoms with Crippen LogP contribution in [0.3, 0.4) is 0 Å². The van der Waals surface area contributed by atoms with Crippen LogP contribution in [0, 0.1) is 6.92 Å². The summed E-state index contributed by atoms with van der Waals surface area (Å²) in [5.41, 5.74) is 2.32. The van der Waals surface area contributed by atoms with Crippen molar-refractivity contribution < 1.29 is 4.74 Å². The molecule has 0 bridgehead atoms. The third-order valence-corrected chi connectivity index (χ3v) is 4.18. The average molecular weight is 315 g/mol.